The molecular weight excluding hydrogens is 282 g/mol. The Morgan fingerprint density at radius 1 is 1.25 bits per heavy atom. The number of benzene rings is 1. The van der Waals surface area contributed by atoms with Gasteiger partial charge in [0.25, 0.3) is 0 Å². The third-order valence-electron chi connectivity index (χ3n) is 2.70. The zero-order valence-electron chi connectivity index (χ0n) is 11.2. The lowest BCUT2D eigenvalue weighted by Gasteiger charge is -2.11. The Morgan fingerprint density at radius 3 is 2.40 bits per heavy atom. The Bertz CT molecular complexity index is 638. The molecule has 1 aromatic heterocycles. The van der Waals surface area contributed by atoms with E-state index in [-0.39, 0.29) is 5.69 Å². The summed E-state index contributed by atoms with van der Waals surface area (Å²) in [7, 11) is 3.09. The van der Waals surface area contributed by atoms with Crippen molar-refractivity contribution in [2.75, 3.05) is 20.5 Å². The molecule has 0 saturated heterocycles. The van der Waals surface area contributed by atoms with E-state index in [0.717, 1.165) is 4.90 Å². The Hall–Kier alpha value is -2.15. The summed E-state index contributed by atoms with van der Waals surface area (Å²) in [6.07, 6.45) is 1.90. The van der Waals surface area contributed by atoms with E-state index < -0.39 is 5.97 Å². The summed E-state index contributed by atoms with van der Waals surface area (Å²) in [5, 5.41) is 12.4. The maximum Gasteiger partial charge on any atom is 0.358 e. The normalized spacial score (nSPS) is 10.3. The fourth-order valence-corrected chi connectivity index (χ4v) is 2.33. The largest absolute Gasteiger partial charge is 0.493 e. The molecule has 0 amide bonds. The molecule has 0 unspecified atom stereocenters. The molecule has 106 valence electrons. The van der Waals surface area contributed by atoms with Gasteiger partial charge in [0.1, 0.15) is 0 Å². The van der Waals surface area contributed by atoms with Crippen molar-refractivity contribution in [2.45, 2.75) is 4.90 Å². The smallest absolute Gasteiger partial charge is 0.358 e. The third kappa shape index (κ3) is 2.57. The minimum Gasteiger partial charge on any atom is -0.493 e. The van der Waals surface area contributed by atoms with Crippen molar-refractivity contribution in [3.63, 3.8) is 0 Å². The number of aromatic carboxylic acids is 1. The summed E-state index contributed by atoms with van der Waals surface area (Å²) in [5.41, 5.74) is 0.567. The lowest BCUT2D eigenvalue weighted by molar-refractivity contribution is 0.0686. The maximum atomic E-state index is 10.9. The van der Waals surface area contributed by atoms with Gasteiger partial charge in [-0.3, -0.25) is 0 Å². The quantitative estimate of drug-likeness (QED) is 0.849. The third-order valence-corrected chi connectivity index (χ3v) is 3.48. The Morgan fingerprint density at radius 2 is 1.90 bits per heavy atom. The van der Waals surface area contributed by atoms with E-state index in [1.54, 1.807) is 13.2 Å². The number of hydrogen-bond donors (Lipinski definition) is 1. The molecule has 7 heteroatoms. The number of methoxy groups -OCH3 is 2. The Balaban J connectivity index is 2.56. The minimum absolute atomic E-state index is 0.137. The standard InChI is InChI=1S/C13H13NO5S/c1-17-10-4-7(12(20-3)6-11(10)18-2)9-5-8(13(15)16)14-19-9/h4-6H,1-3H3,(H,15,16). The van der Waals surface area contributed by atoms with Crippen LogP contribution in [0, 0.1) is 0 Å². The molecule has 0 fully saturated rings. The second kappa shape index (κ2) is 5.87. The zero-order valence-corrected chi connectivity index (χ0v) is 12.0. The minimum atomic E-state index is -1.13. The van der Waals surface area contributed by atoms with Gasteiger partial charge in [-0.25, -0.2) is 4.79 Å². The Kier molecular flexibility index (Phi) is 4.19. The molecule has 2 aromatic rings. The van der Waals surface area contributed by atoms with Crippen LogP contribution in [0.3, 0.4) is 0 Å². The van der Waals surface area contributed by atoms with E-state index in [4.69, 9.17) is 19.1 Å². The van der Waals surface area contributed by atoms with E-state index >= 15 is 0 Å². The van der Waals surface area contributed by atoms with Gasteiger partial charge in [0.2, 0.25) is 0 Å². The van der Waals surface area contributed by atoms with Crippen LogP contribution in [0.2, 0.25) is 0 Å². The van der Waals surface area contributed by atoms with Gasteiger partial charge in [0, 0.05) is 16.5 Å². The first-order valence-electron chi connectivity index (χ1n) is 5.61. The molecule has 0 saturated carbocycles. The molecule has 2 rings (SSSR count). The average Bonchev–Trinajstić information content (AvgIpc) is 2.95. The van der Waals surface area contributed by atoms with Gasteiger partial charge in [-0.1, -0.05) is 5.16 Å². The van der Waals surface area contributed by atoms with Crippen LogP contribution in [0.15, 0.2) is 27.6 Å². The summed E-state index contributed by atoms with van der Waals surface area (Å²) >= 11 is 1.49. The van der Waals surface area contributed by atoms with E-state index in [9.17, 15) is 4.79 Å². The van der Waals surface area contributed by atoms with Crippen LogP contribution in [-0.4, -0.2) is 36.7 Å². The lowest BCUT2D eigenvalue weighted by Crippen LogP contribution is -1.94. The molecule has 6 nitrogen and oxygen atoms in total. The van der Waals surface area contributed by atoms with E-state index in [1.165, 1.54) is 24.9 Å². The van der Waals surface area contributed by atoms with Gasteiger partial charge >= 0.3 is 5.97 Å². The van der Waals surface area contributed by atoms with Crippen molar-refractivity contribution in [2.24, 2.45) is 0 Å². The number of nitrogens with zero attached hydrogens (tertiary/aromatic N) is 1. The molecule has 0 aliphatic carbocycles. The first kappa shape index (κ1) is 14.3. The second-order valence-electron chi connectivity index (χ2n) is 3.79. The van der Waals surface area contributed by atoms with Gasteiger partial charge in [-0.05, 0) is 18.4 Å². The number of ether oxygens (including phenoxy) is 2. The van der Waals surface area contributed by atoms with Gasteiger partial charge in [0.05, 0.1) is 14.2 Å². The van der Waals surface area contributed by atoms with Gasteiger partial charge < -0.3 is 19.1 Å². The van der Waals surface area contributed by atoms with Crippen molar-refractivity contribution < 1.29 is 23.9 Å². The molecule has 0 atom stereocenters. The zero-order chi connectivity index (χ0) is 14.7. The highest BCUT2D eigenvalue weighted by Crippen LogP contribution is 2.39. The van der Waals surface area contributed by atoms with Gasteiger partial charge in [-0.2, -0.15) is 0 Å². The summed E-state index contributed by atoms with van der Waals surface area (Å²) in [6.45, 7) is 0. The molecule has 20 heavy (non-hydrogen) atoms. The van der Waals surface area contributed by atoms with Crippen LogP contribution < -0.4 is 9.47 Å². The molecule has 1 aromatic carbocycles. The summed E-state index contributed by atoms with van der Waals surface area (Å²) in [4.78, 5) is 11.7. The summed E-state index contributed by atoms with van der Waals surface area (Å²) in [5.74, 6) is 0.367. The molecule has 0 aliphatic heterocycles. The van der Waals surface area contributed by atoms with Crippen LogP contribution in [0.5, 0.6) is 11.5 Å². The fourth-order valence-electron chi connectivity index (χ4n) is 1.72. The van der Waals surface area contributed by atoms with E-state index in [0.29, 0.717) is 22.8 Å². The highest BCUT2D eigenvalue weighted by Gasteiger charge is 2.18. The molecular formula is C13H13NO5S. The number of carboxylic acids is 1. The number of hydrogen-bond acceptors (Lipinski definition) is 6. The average molecular weight is 295 g/mol. The number of aromatic nitrogens is 1. The van der Waals surface area contributed by atoms with Crippen LogP contribution in [0.1, 0.15) is 10.5 Å². The van der Waals surface area contributed by atoms with Crippen molar-refractivity contribution >= 4 is 17.7 Å². The molecule has 1 N–H and O–H groups in total. The highest BCUT2D eigenvalue weighted by molar-refractivity contribution is 7.98. The molecule has 0 spiro atoms. The lowest BCUT2D eigenvalue weighted by atomic mass is 10.1. The van der Waals surface area contributed by atoms with Crippen molar-refractivity contribution in [1.82, 2.24) is 5.16 Å². The predicted molar refractivity (Wildman–Crippen MR) is 73.8 cm³/mol. The van der Waals surface area contributed by atoms with Crippen LogP contribution in [0.4, 0.5) is 0 Å². The van der Waals surface area contributed by atoms with Crippen molar-refractivity contribution in [1.29, 1.82) is 0 Å². The second-order valence-corrected chi connectivity index (χ2v) is 4.64. The van der Waals surface area contributed by atoms with Gasteiger partial charge in [0.15, 0.2) is 23.0 Å². The van der Waals surface area contributed by atoms with Gasteiger partial charge in [-0.15, -0.1) is 11.8 Å². The highest BCUT2D eigenvalue weighted by atomic mass is 32.2. The SMILES string of the molecule is COc1cc(SC)c(-c2cc(C(=O)O)no2)cc1OC. The van der Waals surface area contributed by atoms with Crippen molar-refractivity contribution in [3.8, 4) is 22.8 Å². The number of carbonyl (C=O) groups is 1. The molecule has 0 bridgehead atoms. The first-order valence-corrected chi connectivity index (χ1v) is 6.83. The van der Waals surface area contributed by atoms with E-state index in [2.05, 4.69) is 5.16 Å². The predicted octanol–water partition coefficient (Wildman–Crippen LogP) is 2.78. The molecule has 0 aliphatic rings. The monoisotopic (exact) mass is 295 g/mol. The molecule has 1 heterocycles. The summed E-state index contributed by atoms with van der Waals surface area (Å²) < 4.78 is 15.6. The van der Waals surface area contributed by atoms with E-state index in [1.807, 2.05) is 12.3 Å². The number of thioether (sulfide) groups is 1. The van der Waals surface area contributed by atoms with Crippen LogP contribution >= 0.6 is 11.8 Å². The van der Waals surface area contributed by atoms with Crippen molar-refractivity contribution in [3.05, 3.63) is 23.9 Å². The topological polar surface area (TPSA) is 81.8 Å². The Labute approximate surface area is 119 Å². The summed E-state index contributed by atoms with van der Waals surface area (Å²) in [6, 6.07) is 4.92. The first-order chi connectivity index (χ1) is 9.60. The van der Waals surface area contributed by atoms with Crippen LogP contribution in [0.25, 0.3) is 11.3 Å². The number of carboxylic acid groups (broad SMARTS) is 1. The maximum absolute atomic E-state index is 10.9. The molecule has 0 radical (unpaired) electrons. The number of rotatable bonds is 5. The fraction of sp³-hybridized carbons (Fsp3) is 0.231. The van der Waals surface area contributed by atoms with Crippen LogP contribution in [-0.2, 0) is 0 Å².